The van der Waals surface area contributed by atoms with Gasteiger partial charge in [-0.25, -0.2) is 4.79 Å². The fraction of sp³-hybridized carbons (Fsp3) is 0.500. The summed E-state index contributed by atoms with van der Waals surface area (Å²) in [5, 5.41) is 14.1. The molecule has 92 valence electrons. The molecule has 1 aromatic rings. The number of hydrogen-bond donors (Lipinski definition) is 3. The highest BCUT2D eigenvalue weighted by Gasteiger charge is 2.20. The summed E-state index contributed by atoms with van der Waals surface area (Å²) in [6.07, 6.45) is 4.15. The van der Waals surface area contributed by atoms with E-state index in [0.717, 1.165) is 25.0 Å². The summed E-state index contributed by atoms with van der Waals surface area (Å²) in [5.41, 5.74) is 2.43. The van der Waals surface area contributed by atoms with Gasteiger partial charge in [0.1, 0.15) is 0 Å². The van der Waals surface area contributed by atoms with Crippen molar-refractivity contribution >= 4 is 6.09 Å². The maximum Gasteiger partial charge on any atom is 0.404 e. The average molecular weight is 235 g/mol. The van der Waals surface area contributed by atoms with E-state index >= 15 is 0 Å². The molecule has 1 atom stereocenters. The Kier molecular flexibility index (Phi) is 3.93. The van der Waals surface area contributed by atoms with Crippen molar-refractivity contribution in [3.8, 4) is 0 Å². The number of aromatic nitrogens is 1. The van der Waals surface area contributed by atoms with Crippen LogP contribution in [0.25, 0.3) is 0 Å². The van der Waals surface area contributed by atoms with Crippen LogP contribution in [-0.2, 0) is 6.42 Å². The molecule has 1 unspecified atom stereocenters. The standard InChI is InChI=1S/C12H17N3O2/c16-12(17)15-8-7-13-10-5-1-3-9-4-2-6-14-11(9)10/h2,4,6,10,13,15H,1,3,5,7-8H2,(H,16,17). The normalized spacial score (nSPS) is 18.5. The largest absolute Gasteiger partial charge is 0.465 e. The maximum atomic E-state index is 10.3. The molecule has 17 heavy (non-hydrogen) atoms. The van der Waals surface area contributed by atoms with Crippen molar-refractivity contribution in [2.24, 2.45) is 0 Å². The molecule has 5 nitrogen and oxygen atoms in total. The van der Waals surface area contributed by atoms with Crippen LogP contribution in [0.5, 0.6) is 0 Å². The Hall–Kier alpha value is -1.62. The minimum absolute atomic E-state index is 0.260. The van der Waals surface area contributed by atoms with Gasteiger partial charge in [-0.3, -0.25) is 4.98 Å². The van der Waals surface area contributed by atoms with Crippen LogP contribution < -0.4 is 10.6 Å². The molecule has 0 fully saturated rings. The van der Waals surface area contributed by atoms with Crippen LogP contribution in [0, 0.1) is 0 Å². The molecular formula is C12H17N3O2. The van der Waals surface area contributed by atoms with E-state index in [0.29, 0.717) is 13.1 Å². The molecule has 0 saturated heterocycles. The summed E-state index contributed by atoms with van der Waals surface area (Å²) in [6, 6.07) is 4.34. The summed E-state index contributed by atoms with van der Waals surface area (Å²) in [5.74, 6) is 0. The Labute approximate surface area is 100 Å². The van der Waals surface area contributed by atoms with Crippen LogP contribution in [0.1, 0.15) is 30.1 Å². The van der Waals surface area contributed by atoms with Crippen molar-refractivity contribution < 1.29 is 9.90 Å². The second-order valence-corrected chi connectivity index (χ2v) is 4.18. The Morgan fingerprint density at radius 1 is 1.53 bits per heavy atom. The zero-order valence-electron chi connectivity index (χ0n) is 9.65. The lowest BCUT2D eigenvalue weighted by Gasteiger charge is -2.25. The number of amides is 1. The summed E-state index contributed by atoms with van der Waals surface area (Å²) < 4.78 is 0. The Morgan fingerprint density at radius 2 is 2.41 bits per heavy atom. The first-order valence-electron chi connectivity index (χ1n) is 5.91. The van der Waals surface area contributed by atoms with Gasteiger partial charge in [-0.1, -0.05) is 6.07 Å². The van der Waals surface area contributed by atoms with Gasteiger partial charge in [0.25, 0.3) is 0 Å². The summed E-state index contributed by atoms with van der Waals surface area (Å²) in [4.78, 5) is 14.7. The van der Waals surface area contributed by atoms with Gasteiger partial charge in [0.05, 0.1) is 5.69 Å². The van der Waals surface area contributed by atoms with Crippen molar-refractivity contribution in [2.75, 3.05) is 13.1 Å². The molecule has 1 aliphatic rings. The molecule has 5 heteroatoms. The number of nitrogens with zero attached hydrogens (tertiary/aromatic N) is 1. The Morgan fingerprint density at radius 3 is 3.24 bits per heavy atom. The highest BCUT2D eigenvalue weighted by molar-refractivity contribution is 5.64. The molecule has 2 rings (SSSR count). The molecule has 1 aliphatic carbocycles. The van der Waals surface area contributed by atoms with E-state index in [1.54, 1.807) is 0 Å². The first-order chi connectivity index (χ1) is 8.27. The molecule has 3 N–H and O–H groups in total. The number of aryl methyl sites for hydroxylation is 1. The molecule has 1 amide bonds. The number of rotatable bonds is 4. The van der Waals surface area contributed by atoms with Gasteiger partial charge < -0.3 is 15.7 Å². The number of hydrogen-bond acceptors (Lipinski definition) is 3. The van der Waals surface area contributed by atoms with Crippen LogP contribution in [0.15, 0.2) is 18.3 Å². The van der Waals surface area contributed by atoms with Gasteiger partial charge in [0, 0.05) is 25.3 Å². The van der Waals surface area contributed by atoms with Crippen molar-refractivity contribution in [1.29, 1.82) is 0 Å². The molecule has 0 aliphatic heterocycles. The van der Waals surface area contributed by atoms with Crippen LogP contribution in [0.2, 0.25) is 0 Å². The minimum Gasteiger partial charge on any atom is -0.465 e. The molecular weight excluding hydrogens is 218 g/mol. The second kappa shape index (κ2) is 5.63. The Bertz CT molecular complexity index is 395. The zero-order valence-corrected chi connectivity index (χ0v) is 9.65. The van der Waals surface area contributed by atoms with E-state index in [1.165, 1.54) is 5.56 Å². The number of carboxylic acid groups (broad SMARTS) is 1. The van der Waals surface area contributed by atoms with Crippen LogP contribution >= 0.6 is 0 Å². The average Bonchev–Trinajstić information content (AvgIpc) is 2.34. The topological polar surface area (TPSA) is 74.2 Å². The van der Waals surface area contributed by atoms with Gasteiger partial charge in [-0.15, -0.1) is 0 Å². The smallest absolute Gasteiger partial charge is 0.404 e. The van der Waals surface area contributed by atoms with Crippen LogP contribution in [-0.4, -0.2) is 29.3 Å². The maximum absolute atomic E-state index is 10.3. The number of nitrogens with one attached hydrogen (secondary N) is 2. The van der Waals surface area contributed by atoms with Gasteiger partial charge in [0.15, 0.2) is 0 Å². The third-order valence-corrected chi connectivity index (χ3v) is 2.99. The summed E-state index contributed by atoms with van der Waals surface area (Å²) in [7, 11) is 0. The first kappa shape index (κ1) is 11.9. The fourth-order valence-electron chi connectivity index (χ4n) is 2.22. The van der Waals surface area contributed by atoms with E-state index in [-0.39, 0.29) is 6.04 Å². The van der Waals surface area contributed by atoms with Crippen molar-refractivity contribution in [3.05, 3.63) is 29.6 Å². The van der Waals surface area contributed by atoms with Crippen LogP contribution in [0.4, 0.5) is 4.79 Å². The zero-order chi connectivity index (χ0) is 12.1. The summed E-state index contributed by atoms with van der Waals surface area (Å²) >= 11 is 0. The fourth-order valence-corrected chi connectivity index (χ4v) is 2.22. The van der Waals surface area contributed by atoms with E-state index in [1.807, 2.05) is 12.3 Å². The van der Waals surface area contributed by atoms with E-state index in [4.69, 9.17) is 5.11 Å². The monoisotopic (exact) mass is 235 g/mol. The van der Waals surface area contributed by atoms with Gasteiger partial charge >= 0.3 is 6.09 Å². The van der Waals surface area contributed by atoms with Crippen molar-refractivity contribution in [1.82, 2.24) is 15.6 Å². The van der Waals surface area contributed by atoms with Gasteiger partial charge in [-0.2, -0.15) is 0 Å². The van der Waals surface area contributed by atoms with E-state index < -0.39 is 6.09 Å². The molecule has 0 aromatic carbocycles. The highest BCUT2D eigenvalue weighted by atomic mass is 16.4. The predicted molar refractivity (Wildman–Crippen MR) is 63.9 cm³/mol. The molecule has 0 saturated carbocycles. The van der Waals surface area contributed by atoms with E-state index in [2.05, 4.69) is 21.7 Å². The lowest BCUT2D eigenvalue weighted by Crippen LogP contribution is -2.34. The highest BCUT2D eigenvalue weighted by Crippen LogP contribution is 2.27. The Balaban J connectivity index is 1.88. The number of carbonyl (C=O) groups is 1. The molecule has 0 bridgehead atoms. The van der Waals surface area contributed by atoms with Crippen LogP contribution in [0.3, 0.4) is 0 Å². The van der Waals surface area contributed by atoms with Crippen molar-refractivity contribution in [3.63, 3.8) is 0 Å². The predicted octanol–water partition coefficient (Wildman–Crippen LogP) is 1.32. The lowest BCUT2D eigenvalue weighted by atomic mass is 9.92. The molecule has 0 spiro atoms. The molecule has 1 aromatic heterocycles. The number of pyridine rings is 1. The molecule has 0 radical (unpaired) electrons. The third kappa shape index (κ3) is 3.17. The third-order valence-electron chi connectivity index (χ3n) is 2.99. The quantitative estimate of drug-likeness (QED) is 0.688. The summed E-state index contributed by atoms with van der Waals surface area (Å²) in [6.45, 7) is 1.06. The van der Waals surface area contributed by atoms with Gasteiger partial charge in [0.2, 0.25) is 0 Å². The second-order valence-electron chi connectivity index (χ2n) is 4.18. The molecule has 1 heterocycles. The number of fused-ring (bicyclic) bond motifs is 1. The van der Waals surface area contributed by atoms with Gasteiger partial charge in [-0.05, 0) is 30.9 Å². The lowest BCUT2D eigenvalue weighted by molar-refractivity contribution is 0.194. The van der Waals surface area contributed by atoms with Crippen molar-refractivity contribution in [2.45, 2.75) is 25.3 Å². The first-order valence-corrected chi connectivity index (χ1v) is 5.91. The minimum atomic E-state index is -0.978. The van der Waals surface area contributed by atoms with E-state index in [9.17, 15) is 4.79 Å². The SMILES string of the molecule is O=C(O)NCCNC1CCCc2cccnc21.